The quantitative estimate of drug-likeness (QED) is 0.616. The van der Waals surface area contributed by atoms with Gasteiger partial charge in [-0.3, -0.25) is 0 Å². The van der Waals surface area contributed by atoms with Crippen LogP contribution in [0.15, 0.2) is 29.4 Å². The van der Waals surface area contributed by atoms with Crippen LogP contribution < -0.4 is 9.46 Å². The molecule has 0 aliphatic carbocycles. The number of hydrogen-bond acceptors (Lipinski definition) is 6. The van der Waals surface area contributed by atoms with Crippen molar-refractivity contribution in [3.8, 4) is 6.01 Å². The van der Waals surface area contributed by atoms with E-state index < -0.39 is 21.1 Å². The van der Waals surface area contributed by atoms with Crippen LogP contribution in [0, 0.1) is 5.95 Å². The van der Waals surface area contributed by atoms with E-state index in [0.29, 0.717) is 15.6 Å². The Kier molecular flexibility index (Phi) is 5.28. The van der Waals surface area contributed by atoms with Gasteiger partial charge in [0.25, 0.3) is 15.2 Å². The number of hydrogen-bond donors (Lipinski definition) is 1. The second-order valence-electron chi connectivity index (χ2n) is 4.98. The lowest BCUT2D eigenvalue weighted by Gasteiger charge is -2.07. The van der Waals surface area contributed by atoms with Gasteiger partial charge in [-0.25, -0.2) is 13.1 Å². The first-order chi connectivity index (χ1) is 12.3. The molecule has 12 heteroatoms. The summed E-state index contributed by atoms with van der Waals surface area (Å²) in [6, 6.07) is 5.56. The molecule has 0 spiro atoms. The number of benzene rings is 1. The maximum Gasteiger partial charge on any atom is 0.322 e. The minimum Gasteiger partial charge on any atom is -0.464 e. The molecule has 2 aromatic heterocycles. The summed E-state index contributed by atoms with van der Waals surface area (Å²) in [7, 11) is -4.11. The number of aromatic nitrogens is 4. The Labute approximate surface area is 158 Å². The zero-order valence-corrected chi connectivity index (χ0v) is 15.6. The fourth-order valence-corrected chi connectivity index (χ4v) is 3.48. The Morgan fingerprint density at radius 1 is 1.27 bits per heavy atom. The van der Waals surface area contributed by atoms with E-state index in [-0.39, 0.29) is 24.8 Å². The van der Waals surface area contributed by atoms with Gasteiger partial charge < -0.3 is 4.74 Å². The molecule has 0 unspecified atom stereocenters. The Morgan fingerprint density at radius 3 is 2.62 bits per heavy atom. The average molecular weight is 420 g/mol. The van der Waals surface area contributed by atoms with Crippen molar-refractivity contribution in [3.05, 3.63) is 45.8 Å². The minimum absolute atomic E-state index is 0.0582. The highest BCUT2D eigenvalue weighted by Crippen LogP contribution is 2.24. The van der Waals surface area contributed by atoms with Crippen molar-refractivity contribution in [1.82, 2.24) is 24.3 Å². The highest BCUT2D eigenvalue weighted by molar-refractivity contribution is 7.89. The molecule has 138 valence electrons. The summed E-state index contributed by atoms with van der Waals surface area (Å²) in [6.07, 6.45) is 0. The summed E-state index contributed by atoms with van der Waals surface area (Å²) in [6.45, 7) is 1.69. The zero-order chi connectivity index (χ0) is 18.9. The number of nitrogens with one attached hydrogen (secondary N) is 1. The van der Waals surface area contributed by atoms with Gasteiger partial charge in [0.1, 0.15) is 0 Å². The summed E-state index contributed by atoms with van der Waals surface area (Å²) in [5.41, 5.74) is 0.350. The first-order valence-electron chi connectivity index (χ1n) is 7.30. The molecule has 0 aliphatic rings. The molecule has 1 N–H and O–H groups in total. The number of fused-ring (bicyclic) bond motifs is 1. The summed E-state index contributed by atoms with van der Waals surface area (Å²) in [5, 5.41) is 3.90. The lowest BCUT2D eigenvalue weighted by molar-refractivity contribution is 0.296. The topological polar surface area (TPSA) is 98.5 Å². The van der Waals surface area contributed by atoms with Gasteiger partial charge in [-0.05, 0) is 19.1 Å². The molecule has 0 bridgehead atoms. The van der Waals surface area contributed by atoms with Crippen molar-refractivity contribution < 1.29 is 17.5 Å². The average Bonchev–Trinajstić information content (AvgIpc) is 2.99. The molecule has 0 saturated heterocycles. The highest BCUT2D eigenvalue weighted by atomic mass is 35.5. The van der Waals surface area contributed by atoms with Crippen LogP contribution in [-0.2, 0) is 16.6 Å². The van der Waals surface area contributed by atoms with Gasteiger partial charge in [0.15, 0.2) is 5.65 Å². The SMILES string of the molecule is CCOc1nc(F)cc2nc(S(=O)(=O)NCc3c(Cl)cccc3Cl)nn12. The van der Waals surface area contributed by atoms with Gasteiger partial charge in [-0.15, -0.1) is 5.10 Å². The number of halogens is 3. The predicted octanol–water partition coefficient (Wildman–Crippen LogP) is 2.45. The smallest absolute Gasteiger partial charge is 0.322 e. The first kappa shape index (κ1) is 18.8. The van der Waals surface area contributed by atoms with Crippen LogP contribution in [0.4, 0.5) is 4.39 Å². The second kappa shape index (κ2) is 7.31. The fourth-order valence-electron chi connectivity index (χ4n) is 2.09. The summed E-state index contributed by atoms with van der Waals surface area (Å²) >= 11 is 12.0. The monoisotopic (exact) mass is 419 g/mol. The molecule has 0 radical (unpaired) electrons. The van der Waals surface area contributed by atoms with E-state index in [9.17, 15) is 12.8 Å². The molecule has 0 amide bonds. The van der Waals surface area contributed by atoms with Crippen LogP contribution in [0.25, 0.3) is 5.65 Å². The van der Waals surface area contributed by atoms with Gasteiger partial charge >= 0.3 is 6.01 Å². The van der Waals surface area contributed by atoms with Gasteiger partial charge in [0, 0.05) is 28.2 Å². The Bertz CT molecular complexity index is 1050. The first-order valence-corrected chi connectivity index (χ1v) is 9.54. The van der Waals surface area contributed by atoms with Crippen LogP contribution in [-0.4, -0.2) is 34.6 Å². The molecule has 0 saturated carbocycles. The molecule has 2 heterocycles. The lowest BCUT2D eigenvalue weighted by Crippen LogP contribution is -2.24. The van der Waals surface area contributed by atoms with Gasteiger partial charge in [-0.2, -0.15) is 18.9 Å². The van der Waals surface area contributed by atoms with E-state index in [1.807, 2.05) is 0 Å². The van der Waals surface area contributed by atoms with Crippen molar-refractivity contribution >= 4 is 38.9 Å². The maximum absolute atomic E-state index is 13.5. The molecule has 0 aliphatic heterocycles. The van der Waals surface area contributed by atoms with Crippen molar-refractivity contribution in [2.45, 2.75) is 18.6 Å². The Balaban J connectivity index is 1.93. The van der Waals surface area contributed by atoms with Gasteiger partial charge in [0.05, 0.1) is 6.61 Å². The van der Waals surface area contributed by atoms with Crippen LogP contribution in [0.1, 0.15) is 12.5 Å². The number of rotatable bonds is 6. The van der Waals surface area contributed by atoms with Crippen LogP contribution in [0.3, 0.4) is 0 Å². The Morgan fingerprint density at radius 2 is 1.96 bits per heavy atom. The molecule has 1 aromatic carbocycles. The fraction of sp³-hybridized carbons (Fsp3) is 0.214. The number of sulfonamides is 1. The van der Waals surface area contributed by atoms with Crippen LogP contribution in [0.2, 0.25) is 10.0 Å². The molecule has 3 rings (SSSR count). The third-order valence-electron chi connectivity index (χ3n) is 3.26. The van der Waals surface area contributed by atoms with Gasteiger partial charge in [-0.1, -0.05) is 29.3 Å². The third-order valence-corrected chi connectivity index (χ3v) is 5.15. The van der Waals surface area contributed by atoms with E-state index in [4.69, 9.17) is 27.9 Å². The van der Waals surface area contributed by atoms with Crippen LogP contribution in [0.5, 0.6) is 6.01 Å². The largest absolute Gasteiger partial charge is 0.464 e. The van der Waals surface area contributed by atoms with Crippen molar-refractivity contribution in [1.29, 1.82) is 0 Å². The second-order valence-corrected chi connectivity index (χ2v) is 7.46. The van der Waals surface area contributed by atoms with E-state index in [0.717, 1.165) is 10.6 Å². The molecule has 26 heavy (non-hydrogen) atoms. The van der Waals surface area contributed by atoms with Crippen molar-refractivity contribution in [2.75, 3.05) is 6.61 Å². The summed E-state index contributed by atoms with van der Waals surface area (Å²) < 4.78 is 46.9. The molecular weight excluding hydrogens is 408 g/mol. The summed E-state index contributed by atoms with van der Waals surface area (Å²) in [4.78, 5) is 7.35. The van der Waals surface area contributed by atoms with Gasteiger partial charge in [0.2, 0.25) is 5.95 Å². The molecule has 0 atom stereocenters. The normalized spacial score (nSPS) is 11.8. The predicted molar refractivity (Wildman–Crippen MR) is 92.4 cm³/mol. The highest BCUT2D eigenvalue weighted by Gasteiger charge is 2.23. The van der Waals surface area contributed by atoms with Crippen molar-refractivity contribution in [2.24, 2.45) is 0 Å². The molecule has 0 fully saturated rings. The third kappa shape index (κ3) is 3.73. The summed E-state index contributed by atoms with van der Waals surface area (Å²) in [5.74, 6) is -0.867. The lowest BCUT2D eigenvalue weighted by atomic mass is 10.2. The zero-order valence-electron chi connectivity index (χ0n) is 13.3. The van der Waals surface area contributed by atoms with Crippen molar-refractivity contribution in [3.63, 3.8) is 0 Å². The van der Waals surface area contributed by atoms with Crippen LogP contribution >= 0.6 is 23.2 Å². The maximum atomic E-state index is 13.5. The number of ether oxygens (including phenoxy) is 1. The number of nitrogens with zero attached hydrogens (tertiary/aromatic N) is 4. The standard InChI is InChI=1S/C14H12Cl2FN5O3S/c1-2-25-14-19-11(17)6-12-20-13(21-22(12)14)26(23,24)18-7-8-9(15)4-3-5-10(8)16/h3-6,18H,2,7H2,1H3. The van der Waals surface area contributed by atoms with E-state index in [1.165, 1.54) is 0 Å². The minimum atomic E-state index is -4.11. The van der Waals surface area contributed by atoms with E-state index in [2.05, 4.69) is 19.8 Å². The molecule has 8 nitrogen and oxygen atoms in total. The Hall–Kier alpha value is -2.01. The molecule has 3 aromatic rings. The van der Waals surface area contributed by atoms with E-state index >= 15 is 0 Å². The van der Waals surface area contributed by atoms with E-state index in [1.54, 1.807) is 25.1 Å². The molecular formula is C14H12Cl2FN5O3S.